The van der Waals surface area contributed by atoms with Gasteiger partial charge in [-0.25, -0.2) is 8.42 Å². The molecule has 0 saturated carbocycles. The second kappa shape index (κ2) is 5.66. The molecule has 0 fully saturated rings. The quantitative estimate of drug-likeness (QED) is 0.940. The number of rotatable bonds is 4. The first-order valence-corrected chi connectivity index (χ1v) is 9.26. The number of para-hydroxylation sites is 1. The van der Waals surface area contributed by atoms with E-state index in [1.165, 1.54) is 22.8 Å². The van der Waals surface area contributed by atoms with Crippen molar-refractivity contribution in [3.63, 3.8) is 0 Å². The van der Waals surface area contributed by atoms with E-state index in [4.69, 9.17) is 0 Å². The van der Waals surface area contributed by atoms with Crippen LogP contribution in [0.1, 0.15) is 12.0 Å². The number of nitrogens with one attached hydrogen (secondary N) is 1. The van der Waals surface area contributed by atoms with E-state index < -0.39 is 9.84 Å². The first kappa shape index (κ1) is 14.4. The molecule has 0 unspecified atom stereocenters. The van der Waals surface area contributed by atoms with E-state index in [1.54, 1.807) is 0 Å². The smallest absolute Gasteiger partial charge is 0.149 e. The highest BCUT2D eigenvalue weighted by atomic mass is 32.2. The molecule has 0 atom stereocenters. The molecule has 3 rings (SSSR count). The molecule has 1 aromatic heterocycles. The van der Waals surface area contributed by atoms with Crippen LogP contribution in [0.15, 0.2) is 36.5 Å². The van der Waals surface area contributed by atoms with Gasteiger partial charge in [-0.05, 0) is 24.6 Å². The summed E-state index contributed by atoms with van der Waals surface area (Å²) >= 11 is 0. The maximum atomic E-state index is 11.4. The Labute approximate surface area is 125 Å². The van der Waals surface area contributed by atoms with Crippen molar-refractivity contribution in [2.24, 2.45) is 0 Å². The molecule has 1 aliphatic heterocycles. The number of fused-ring (bicyclic) bond motifs is 1. The summed E-state index contributed by atoms with van der Waals surface area (Å²) in [5, 5.41) is 4.53. The lowest BCUT2D eigenvalue weighted by Crippen LogP contribution is -2.19. The number of aromatic nitrogens is 1. The highest BCUT2D eigenvalue weighted by Gasteiger charge is 2.14. The molecule has 2 heterocycles. The molecule has 112 valence electrons. The van der Waals surface area contributed by atoms with Crippen molar-refractivity contribution in [2.75, 3.05) is 25.1 Å². The molecule has 0 spiro atoms. The van der Waals surface area contributed by atoms with Crippen LogP contribution in [0, 0.1) is 0 Å². The third-order valence-corrected chi connectivity index (χ3v) is 4.83. The van der Waals surface area contributed by atoms with Crippen molar-refractivity contribution in [3.8, 4) is 0 Å². The zero-order valence-corrected chi connectivity index (χ0v) is 13.0. The number of benzene rings is 1. The van der Waals surface area contributed by atoms with Gasteiger partial charge in [0.1, 0.15) is 9.84 Å². The fraction of sp³-hybridized carbons (Fsp3) is 0.375. The number of aryl methyl sites for hydroxylation is 1. The van der Waals surface area contributed by atoms with Crippen LogP contribution >= 0.6 is 0 Å². The average Bonchev–Trinajstić information content (AvgIpc) is 2.84. The largest absolute Gasteiger partial charge is 0.346 e. The first-order valence-electron chi connectivity index (χ1n) is 7.20. The zero-order chi connectivity index (χ0) is 14.9. The monoisotopic (exact) mass is 304 g/mol. The number of hydrogen-bond acceptors (Lipinski definition) is 3. The SMILES string of the molecule is CS(=O)(=O)CCn1cc(C2=CCNCC2)c2ccccc21. The molecule has 1 aromatic carbocycles. The normalized spacial score (nSPS) is 16.1. The fourth-order valence-electron chi connectivity index (χ4n) is 2.82. The predicted molar refractivity (Wildman–Crippen MR) is 87.1 cm³/mol. The molecule has 0 bridgehead atoms. The van der Waals surface area contributed by atoms with Gasteiger partial charge in [0.05, 0.1) is 5.75 Å². The number of sulfone groups is 1. The van der Waals surface area contributed by atoms with Gasteiger partial charge in [0.2, 0.25) is 0 Å². The van der Waals surface area contributed by atoms with E-state index in [2.05, 4.69) is 34.3 Å². The summed E-state index contributed by atoms with van der Waals surface area (Å²) in [6.07, 6.45) is 6.63. The summed E-state index contributed by atoms with van der Waals surface area (Å²) in [5.41, 5.74) is 3.69. The van der Waals surface area contributed by atoms with Crippen LogP contribution in [0.5, 0.6) is 0 Å². The van der Waals surface area contributed by atoms with E-state index in [9.17, 15) is 8.42 Å². The minimum atomic E-state index is -2.95. The van der Waals surface area contributed by atoms with Crippen molar-refractivity contribution >= 4 is 26.3 Å². The van der Waals surface area contributed by atoms with Crippen molar-refractivity contribution in [3.05, 3.63) is 42.1 Å². The lowest BCUT2D eigenvalue weighted by atomic mass is 10.00. The van der Waals surface area contributed by atoms with Crippen LogP contribution in [-0.2, 0) is 16.4 Å². The van der Waals surface area contributed by atoms with Gasteiger partial charge in [-0.3, -0.25) is 0 Å². The van der Waals surface area contributed by atoms with Crippen molar-refractivity contribution < 1.29 is 8.42 Å². The summed E-state index contributed by atoms with van der Waals surface area (Å²) in [5.74, 6) is 0.172. The second-order valence-corrected chi connectivity index (χ2v) is 7.83. The topological polar surface area (TPSA) is 51.1 Å². The van der Waals surface area contributed by atoms with Gasteiger partial charge in [0.25, 0.3) is 0 Å². The molecule has 1 N–H and O–H groups in total. The van der Waals surface area contributed by atoms with Crippen LogP contribution in [0.4, 0.5) is 0 Å². The third kappa shape index (κ3) is 3.19. The fourth-order valence-corrected chi connectivity index (χ4v) is 3.35. The van der Waals surface area contributed by atoms with Gasteiger partial charge in [-0.1, -0.05) is 24.3 Å². The van der Waals surface area contributed by atoms with Crippen LogP contribution in [0.2, 0.25) is 0 Å². The van der Waals surface area contributed by atoms with E-state index in [-0.39, 0.29) is 5.75 Å². The summed E-state index contributed by atoms with van der Waals surface area (Å²) < 4.78 is 24.9. The molecule has 2 aromatic rings. The Hall–Kier alpha value is -1.59. The second-order valence-electron chi connectivity index (χ2n) is 5.57. The van der Waals surface area contributed by atoms with E-state index in [1.807, 2.05) is 12.1 Å². The van der Waals surface area contributed by atoms with Crippen molar-refractivity contribution in [1.29, 1.82) is 0 Å². The summed E-state index contributed by atoms with van der Waals surface area (Å²) in [7, 11) is -2.95. The Balaban J connectivity index is 2.03. The highest BCUT2D eigenvalue weighted by Crippen LogP contribution is 2.29. The summed E-state index contributed by atoms with van der Waals surface area (Å²) in [6.45, 7) is 2.40. The van der Waals surface area contributed by atoms with Crippen molar-refractivity contribution in [1.82, 2.24) is 9.88 Å². The molecule has 0 amide bonds. The number of hydrogen-bond donors (Lipinski definition) is 1. The standard InChI is InChI=1S/C16H20N2O2S/c1-21(19,20)11-10-18-12-15(13-6-8-17-9-7-13)14-4-2-3-5-16(14)18/h2-6,12,17H,7-11H2,1H3. The van der Waals surface area contributed by atoms with E-state index in [0.717, 1.165) is 25.0 Å². The maximum absolute atomic E-state index is 11.4. The molecule has 1 aliphatic rings. The highest BCUT2D eigenvalue weighted by molar-refractivity contribution is 7.90. The van der Waals surface area contributed by atoms with Crippen LogP contribution in [0.25, 0.3) is 16.5 Å². The molecule has 4 nitrogen and oxygen atoms in total. The van der Waals surface area contributed by atoms with E-state index in [0.29, 0.717) is 6.54 Å². The third-order valence-electron chi connectivity index (χ3n) is 3.90. The lowest BCUT2D eigenvalue weighted by Gasteiger charge is -2.13. The minimum absolute atomic E-state index is 0.172. The van der Waals surface area contributed by atoms with Gasteiger partial charge in [0, 0.05) is 42.0 Å². The van der Waals surface area contributed by atoms with Crippen molar-refractivity contribution in [2.45, 2.75) is 13.0 Å². The number of nitrogens with zero attached hydrogens (tertiary/aromatic N) is 1. The molecule has 0 saturated heterocycles. The Morgan fingerprint density at radius 1 is 1.29 bits per heavy atom. The predicted octanol–water partition coefficient (Wildman–Crippen LogP) is 2.06. The zero-order valence-electron chi connectivity index (χ0n) is 12.2. The van der Waals surface area contributed by atoms with E-state index >= 15 is 0 Å². The summed E-state index contributed by atoms with van der Waals surface area (Å²) in [4.78, 5) is 0. The maximum Gasteiger partial charge on any atom is 0.149 e. The molecule has 21 heavy (non-hydrogen) atoms. The molecular formula is C16H20N2O2S. The summed E-state index contributed by atoms with van der Waals surface area (Å²) in [6, 6.07) is 8.21. The Kier molecular flexibility index (Phi) is 3.87. The molecule has 0 radical (unpaired) electrons. The Morgan fingerprint density at radius 2 is 2.10 bits per heavy atom. The Morgan fingerprint density at radius 3 is 2.81 bits per heavy atom. The average molecular weight is 304 g/mol. The molecule has 5 heteroatoms. The lowest BCUT2D eigenvalue weighted by molar-refractivity contribution is 0.596. The molecular weight excluding hydrogens is 284 g/mol. The van der Waals surface area contributed by atoms with Crippen LogP contribution in [-0.4, -0.2) is 38.1 Å². The van der Waals surface area contributed by atoms with Gasteiger partial charge >= 0.3 is 0 Å². The first-order chi connectivity index (χ1) is 10.0. The Bertz CT molecular complexity index is 788. The van der Waals surface area contributed by atoms with Gasteiger partial charge in [-0.15, -0.1) is 0 Å². The van der Waals surface area contributed by atoms with Gasteiger partial charge in [-0.2, -0.15) is 0 Å². The van der Waals surface area contributed by atoms with Crippen LogP contribution < -0.4 is 5.32 Å². The van der Waals surface area contributed by atoms with Crippen LogP contribution in [0.3, 0.4) is 0 Å². The van der Waals surface area contributed by atoms with Gasteiger partial charge in [0.15, 0.2) is 0 Å². The van der Waals surface area contributed by atoms with Gasteiger partial charge < -0.3 is 9.88 Å². The molecule has 0 aliphatic carbocycles. The minimum Gasteiger partial charge on any atom is -0.346 e.